The van der Waals surface area contributed by atoms with Gasteiger partial charge in [-0.1, -0.05) is 48.0 Å². The summed E-state index contributed by atoms with van der Waals surface area (Å²) in [5.74, 6) is 0.711. The highest BCUT2D eigenvalue weighted by molar-refractivity contribution is 7.89. The van der Waals surface area contributed by atoms with Crippen molar-refractivity contribution in [2.75, 3.05) is 27.2 Å². The van der Waals surface area contributed by atoms with Crippen molar-refractivity contribution < 1.29 is 8.42 Å². The Labute approximate surface area is 156 Å². The number of aryl methyl sites for hydroxylation is 1. The predicted molar refractivity (Wildman–Crippen MR) is 106 cm³/mol. The normalized spacial score (nSPS) is 12.0. The summed E-state index contributed by atoms with van der Waals surface area (Å²) in [6, 6.07) is 16.9. The minimum Gasteiger partial charge on any atom is -0.355 e. The number of benzene rings is 2. The van der Waals surface area contributed by atoms with Gasteiger partial charge in [-0.2, -0.15) is 0 Å². The first-order chi connectivity index (χ1) is 12.4. The van der Waals surface area contributed by atoms with Crippen LogP contribution in [0, 0.1) is 6.92 Å². The maximum Gasteiger partial charge on any atom is 0.240 e. The summed E-state index contributed by atoms with van der Waals surface area (Å²) in [6.07, 6.45) is 0. The molecule has 2 rings (SSSR count). The van der Waals surface area contributed by atoms with Gasteiger partial charge in [-0.25, -0.2) is 13.1 Å². The Morgan fingerprint density at radius 3 is 2.31 bits per heavy atom. The number of nitrogens with zero attached hydrogens (tertiary/aromatic N) is 2. The van der Waals surface area contributed by atoms with E-state index >= 15 is 0 Å². The summed E-state index contributed by atoms with van der Waals surface area (Å²) in [7, 11) is 0.158. The number of rotatable bonds is 7. The predicted octanol–water partition coefficient (Wildman–Crippen LogP) is 1.98. The summed E-state index contributed by atoms with van der Waals surface area (Å²) in [5.41, 5.74) is 2.20. The Balaban J connectivity index is 1.82. The summed E-state index contributed by atoms with van der Waals surface area (Å²) < 4.78 is 27.1. The smallest absolute Gasteiger partial charge is 0.240 e. The van der Waals surface area contributed by atoms with Gasteiger partial charge in [-0.15, -0.1) is 0 Å². The third-order valence-electron chi connectivity index (χ3n) is 3.87. The number of hydrogen-bond acceptors (Lipinski definition) is 3. The molecule has 0 aliphatic carbocycles. The first-order valence-corrected chi connectivity index (χ1v) is 9.93. The standard InChI is InChI=1S/C19H26N4O2S/c1-16-9-11-18(12-10-16)26(24,25)22-14-13-21-19(20-2)23(3)15-17-7-5-4-6-8-17/h4-12,22H,13-15H2,1-3H3,(H,20,21). The molecule has 2 aromatic carbocycles. The fraction of sp³-hybridized carbons (Fsp3) is 0.316. The Hall–Kier alpha value is -2.38. The van der Waals surface area contributed by atoms with Gasteiger partial charge in [0.15, 0.2) is 5.96 Å². The summed E-state index contributed by atoms with van der Waals surface area (Å²) in [6.45, 7) is 3.35. The fourth-order valence-electron chi connectivity index (χ4n) is 2.48. The zero-order chi connectivity index (χ0) is 19.0. The van der Waals surface area contributed by atoms with Gasteiger partial charge in [0.2, 0.25) is 10.0 Å². The Bertz CT molecular complexity index is 818. The largest absolute Gasteiger partial charge is 0.355 e. The number of hydrogen-bond donors (Lipinski definition) is 2. The second-order valence-electron chi connectivity index (χ2n) is 6.03. The monoisotopic (exact) mass is 374 g/mol. The van der Waals surface area contributed by atoms with Crippen LogP contribution >= 0.6 is 0 Å². The van der Waals surface area contributed by atoms with Gasteiger partial charge in [-0.05, 0) is 24.6 Å². The van der Waals surface area contributed by atoms with Crippen LogP contribution in [0.5, 0.6) is 0 Å². The van der Waals surface area contributed by atoms with E-state index in [9.17, 15) is 8.42 Å². The summed E-state index contributed by atoms with van der Waals surface area (Å²) in [5, 5.41) is 3.17. The van der Waals surface area contributed by atoms with Gasteiger partial charge in [0.1, 0.15) is 0 Å². The Kier molecular flexibility index (Phi) is 7.17. The van der Waals surface area contributed by atoms with E-state index in [1.807, 2.05) is 37.1 Å². The molecule has 7 heteroatoms. The van der Waals surface area contributed by atoms with Crippen LogP contribution in [-0.4, -0.2) is 46.5 Å². The lowest BCUT2D eigenvalue weighted by atomic mass is 10.2. The number of nitrogens with one attached hydrogen (secondary N) is 2. The minimum absolute atomic E-state index is 0.272. The van der Waals surface area contributed by atoms with E-state index in [1.165, 1.54) is 5.56 Å². The van der Waals surface area contributed by atoms with Gasteiger partial charge in [0.25, 0.3) is 0 Å². The van der Waals surface area contributed by atoms with Gasteiger partial charge >= 0.3 is 0 Å². The van der Waals surface area contributed by atoms with Crippen molar-refractivity contribution >= 4 is 16.0 Å². The van der Waals surface area contributed by atoms with Crippen LogP contribution in [-0.2, 0) is 16.6 Å². The molecule has 2 aromatic rings. The molecule has 0 spiro atoms. The summed E-state index contributed by atoms with van der Waals surface area (Å²) in [4.78, 5) is 6.50. The number of guanidine groups is 1. The van der Waals surface area contributed by atoms with Gasteiger partial charge in [0, 0.05) is 33.7 Å². The van der Waals surface area contributed by atoms with Crippen molar-refractivity contribution in [3.8, 4) is 0 Å². The quantitative estimate of drug-likeness (QED) is 0.442. The van der Waals surface area contributed by atoms with Crippen LogP contribution in [0.25, 0.3) is 0 Å². The molecule has 0 saturated heterocycles. The van der Waals surface area contributed by atoms with E-state index in [-0.39, 0.29) is 11.4 Å². The van der Waals surface area contributed by atoms with Gasteiger partial charge < -0.3 is 10.2 Å². The average Bonchev–Trinajstić information content (AvgIpc) is 2.63. The van der Waals surface area contributed by atoms with Crippen LogP contribution in [0.3, 0.4) is 0 Å². The van der Waals surface area contributed by atoms with Crippen molar-refractivity contribution in [3.05, 3.63) is 65.7 Å². The molecule has 26 heavy (non-hydrogen) atoms. The van der Waals surface area contributed by atoms with Gasteiger partial charge in [0.05, 0.1) is 4.90 Å². The van der Waals surface area contributed by atoms with E-state index < -0.39 is 10.0 Å². The van der Waals surface area contributed by atoms with E-state index in [0.29, 0.717) is 12.5 Å². The second-order valence-corrected chi connectivity index (χ2v) is 7.79. The molecule has 0 amide bonds. The second kappa shape index (κ2) is 9.35. The molecule has 0 aliphatic heterocycles. The van der Waals surface area contributed by atoms with Crippen molar-refractivity contribution in [2.45, 2.75) is 18.4 Å². The summed E-state index contributed by atoms with van der Waals surface area (Å²) >= 11 is 0. The average molecular weight is 375 g/mol. The van der Waals surface area contributed by atoms with Crippen LogP contribution in [0.15, 0.2) is 64.5 Å². The zero-order valence-electron chi connectivity index (χ0n) is 15.4. The first kappa shape index (κ1) is 19.9. The molecule has 0 heterocycles. The molecule has 0 saturated carbocycles. The fourth-order valence-corrected chi connectivity index (χ4v) is 3.51. The highest BCUT2D eigenvalue weighted by atomic mass is 32.2. The van der Waals surface area contributed by atoms with Crippen LogP contribution in [0.4, 0.5) is 0 Å². The Morgan fingerprint density at radius 1 is 1.04 bits per heavy atom. The molecular weight excluding hydrogens is 348 g/mol. The SMILES string of the molecule is CN=C(NCCNS(=O)(=O)c1ccc(C)cc1)N(C)Cc1ccccc1. The minimum atomic E-state index is -3.49. The molecular formula is C19H26N4O2S. The topological polar surface area (TPSA) is 73.8 Å². The number of sulfonamides is 1. The molecule has 0 atom stereocenters. The molecule has 6 nitrogen and oxygen atoms in total. The van der Waals surface area contributed by atoms with Crippen molar-refractivity contribution in [2.24, 2.45) is 4.99 Å². The van der Waals surface area contributed by atoms with Crippen molar-refractivity contribution in [1.29, 1.82) is 0 Å². The zero-order valence-corrected chi connectivity index (χ0v) is 16.3. The van der Waals surface area contributed by atoms with E-state index in [0.717, 1.165) is 12.1 Å². The third-order valence-corrected chi connectivity index (χ3v) is 5.34. The Morgan fingerprint density at radius 2 is 1.69 bits per heavy atom. The molecule has 0 fully saturated rings. The molecule has 0 aliphatic rings. The molecule has 0 radical (unpaired) electrons. The molecule has 2 N–H and O–H groups in total. The van der Waals surface area contributed by atoms with E-state index in [2.05, 4.69) is 27.2 Å². The van der Waals surface area contributed by atoms with Crippen LogP contribution in [0.1, 0.15) is 11.1 Å². The molecule has 0 bridgehead atoms. The van der Waals surface area contributed by atoms with Crippen LogP contribution in [0.2, 0.25) is 0 Å². The maximum absolute atomic E-state index is 12.3. The molecule has 140 valence electrons. The lowest BCUT2D eigenvalue weighted by Gasteiger charge is -2.22. The lowest BCUT2D eigenvalue weighted by Crippen LogP contribution is -2.42. The lowest BCUT2D eigenvalue weighted by molar-refractivity contribution is 0.477. The van der Waals surface area contributed by atoms with Gasteiger partial charge in [-0.3, -0.25) is 4.99 Å². The third kappa shape index (κ3) is 5.86. The van der Waals surface area contributed by atoms with Crippen molar-refractivity contribution in [1.82, 2.24) is 14.9 Å². The highest BCUT2D eigenvalue weighted by Gasteiger charge is 2.13. The first-order valence-electron chi connectivity index (χ1n) is 8.44. The van der Waals surface area contributed by atoms with E-state index in [4.69, 9.17) is 0 Å². The van der Waals surface area contributed by atoms with Crippen molar-refractivity contribution in [3.63, 3.8) is 0 Å². The maximum atomic E-state index is 12.3. The number of aliphatic imine (C=N–C) groups is 1. The van der Waals surface area contributed by atoms with E-state index in [1.54, 1.807) is 31.3 Å². The highest BCUT2D eigenvalue weighted by Crippen LogP contribution is 2.09. The van der Waals surface area contributed by atoms with Crippen LogP contribution < -0.4 is 10.0 Å². The molecule has 0 unspecified atom stereocenters. The molecule has 0 aromatic heterocycles.